The van der Waals surface area contributed by atoms with Gasteiger partial charge >= 0.3 is 0 Å². The van der Waals surface area contributed by atoms with Crippen molar-refractivity contribution in [2.24, 2.45) is 7.05 Å². The molecule has 98 valence electrons. The van der Waals surface area contributed by atoms with Crippen molar-refractivity contribution < 1.29 is 4.79 Å². The fourth-order valence-electron chi connectivity index (χ4n) is 1.62. The van der Waals surface area contributed by atoms with Crippen molar-refractivity contribution in [3.63, 3.8) is 0 Å². The molecule has 1 N–H and O–H groups in total. The van der Waals surface area contributed by atoms with E-state index in [2.05, 4.69) is 21.2 Å². The smallest absolute Gasteiger partial charge is 0.255 e. The standard InChI is InChI=1S/C14H13BrN2O2/c1-9-7-11(3-4-12(9)15)16-14(19)10-5-6-17(2)13(18)8-10/h3-8H,1-2H3,(H,16,19). The van der Waals surface area contributed by atoms with E-state index in [0.717, 1.165) is 10.0 Å². The summed E-state index contributed by atoms with van der Waals surface area (Å²) >= 11 is 3.40. The maximum atomic E-state index is 12.0. The first-order chi connectivity index (χ1) is 8.97. The van der Waals surface area contributed by atoms with Crippen LogP contribution in [0.5, 0.6) is 0 Å². The molecular weight excluding hydrogens is 308 g/mol. The van der Waals surface area contributed by atoms with E-state index in [-0.39, 0.29) is 11.5 Å². The fraction of sp³-hybridized carbons (Fsp3) is 0.143. The van der Waals surface area contributed by atoms with Crippen LogP contribution in [0.3, 0.4) is 0 Å². The fourth-order valence-corrected chi connectivity index (χ4v) is 1.86. The van der Waals surface area contributed by atoms with Crippen molar-refractivity contribution in [3.8, 4) is 0 Å². The summed E-state index contributed by atoms with van der Waals surface area (Å²) in [5.74, 6) is -0.292. The van der Waals surface area contributed by atoms with E-state index in [1.54, 1.807) is 25.4 Å². The summed E-state index contributed by atoms with van der Waals surface area (Å²) in [7, 11) is 1.64. The van der Waals surface area contributed by atoms with Crippen LogP contribution in [0.1, 0.15) is 15.9 Å². The number of carbonyl (C=O) groups is 1. The molecule has 0 aliphatic rings. The van der Waals surface area contributed by atoms with Crippen LogP contribution < -0.4 is 10.9 Å². The van der Waals surface area contributed by atoms with Gasteiger partial charge in [0.25, 0.3) is 11.5 Å². The summed E-state index contributed by atoms with van der Waals surface area (Å²) in [5, 5.41) is 2.77. The van der Waals surface area contributed by atoms with Crippen molar-refractivity contribution >= 4 is 27.5 Å². The Hall–Kier alpha value is -1.88. The number of benzene rings is 1. The third kappa shape index (κ3) is 3.12. The second kappa shape index (κ2) is 5.40. The summed E-state index contributed by atoms with van der Waals surface area (Å²) in [4.78, 5) is 23.5. The minimum absolute atomic E-state index is 0.209. The molecule has 0 spiro atoms. The van der Waals surface area contributed by atoms with Crippen LogP contribution >= 0.6 is 15.9 Å². The number of amides is 1. The second-order valence-corrected chi connectivity index (χ2v) is 5.14. The minimum atomic E-state index is -0.292. The zero-order valence-corrected chi connectivity index (χ0v) is 12.2. The van der Waals surface area contributed by atoms with E-state index in [0.29, 0.717) is 11.3 Å². The molecule has 0 aliphatic heterocycles. The summed E-state index contributed by atoms with van der Waals surface area (Å²) in [6, 6.07) is 8.47. The number of carbonyl (C=O) groups excluding carboxylic acids is 1. The second-order valence-electron chi connectivity index (χ2n) is 4.28. The van der Waals surface area contributed by atoms with Gasteiger partial charge in [-0.15, -0.1) is 0 Å². The molecule has 1 aromatic carbocycles. The minimum Gasteiger partial charge on any atom is -0.322 e. The number of hydrogen-bond acceptors (Lipinski definition) is 2. The van der Waals surface area contributed by atoms with Crippen molar-refractivity contribution in [2.45, 2.75) is 6.92 Å². The molecule has 0 bridgehead atoms. The lowest BCUT2D eigenvalue weighted by atomic mass is 10.2. The van der Waals surface area contributed by atoms with Gasteiger partial charge in [-0.25, -0.2) is 0 Å². The highest BCUT2D eigenvalue weighted by atomic mass is 79.9. The number of aromatic nitrogens is 1. The molecule has 0 saturated heterocycles. The first-order valence-electron chi connectivity index (χ1n) is 5.71. The van der Waals surface area contributed by atoms with Crippen LogP contribution in [0.2, 0.25) is 0 Å². The van der Waals surface area contributed by atoms with Crippen LogP contribution in [0.15, 0.2) is 45.8 Å². The van der Waals surface area contributed by atoms with Crippen molar-refractivity contribution in [1.82, 2.24) is 4.57 Å². The Balaban J connectivity index is 2.23. The Labute approximate surface area is 119 Å². The van der Waals surface area contributed by atoms with Gasteiger partial charge in [0, 0.05) is 35.0 Å². The molecule has 2 aromatic rings. The molecule has 19 heavy (non-hydrogen) atoms. The molecule has 0 radical (unpaired) electrons. The molecular formula is C14H13BrN2O2. The number of nitrogens with one attached hydrogen (secondary N) is 1. The Kier molecular flexibility index (Phi) is 3.85. The van der Waals surface area contributed by atoms with Gasteiger partial charge in [-0.3, -0.25) is 9.59 Å². The topological polar surface area (TPSA) is 51.1 Å². The summed E-state index contributed by atoms with van der Waals surface area (Å²) in [6.45, 7) is 1.94. The highest BCUT2D eigenvalue weighted by Crippen LogP contribution is 2.20. The number of aryl methyl sites for hydroxylation is 2. The van der Waals surface area contributed by atoms with E-state index >= 15 is 0 Å². The normalized spacial score (nSPS) is 10.3. The molecule has 0 fully saturated rings. The van der Waals surface area contributed by atoms with Crippen molar-refractivity contribution in [2.75, 3.05) is 5.32 Å². The van der Waals surface area contributed by atoms with E-state index in [1.807, 2.05) is 19.1 Å². The lowest BCUT2D eigenvalue weighted by molar-refractivity contribution is 0.102. The molecule has 0 atom stereocenters. The molecule has 5 heteroatoms. The molecule has 0 aliphatic carbocycles. The lowest BCUT2D eigenvalue weighted by Gasteiger charge is -2.07. The molecule has 1 heterocycles. The van der Waals surface area contributed by atoms with Crippen LogP contribution in [0, 0.1) is 6.92 Å². The maximum absolute atomic E-state index is 12.0. The number of anilines is 1. The predicted octanol–water partition coefficient (Wildman–Crippen LogP) is 2.71. The lowest BCUT2D eigenvalue weighted by Crippen LogP contribution is -2.19. The Bertz CT molecular complexity index is 692. The van der Waals surface area contributed by atoms with E-state index in [9.17, 15) is 9.59 Å². The first kappa shape index (κ1) is 13.5. The van der Waals surface area contributed by atoms with E-state index < -0.39 is 0 Å². The van der Waals surface area contributed by atoms with Gasteiger partial charge in [0.2, 0.25) is 0 Å². The van der Waals surface area contributed by atoms with Crippen molar-refractivity contribution in [1.29, 1.82) is 0 Å². The Morgan fingerprint density at radius 2 is 2.00 bits per heavy atom. The number of halogens is 1. The monoisotopic (exact) mass is 320 g/mol. The first-order valence-corrected chi connectivity index (χ1v) is 6.51. The largest absolute Gasteiger partial charge is 0.322 e. The SMILES string of the molecule is Cc1cc(NC(=O)c2ccn(C)c(=O)c2)ccc1Br. The third-order valence-corrected chi connectivity index (χ3v) is 3.67. The molecule has 0 saturated carbocycles. The number of nitrogens with zero attached hydrogens (tertiary/aromatic N) is 1. The van der Waals surface area contributed by atoms with Gasteiger partial charge in [-0.05, 0) is 36.8 Å². The van der Waals surface area contributed by atoms with Crippen molar-refractivity contribution in [3.05, 3.63) is 62.5 Å². The molecule has 4 nitrogen and oxygen atoms in total. The van der Waals surface area contributed by atoms with Gasteiger partial charge in [0.05, 0.1) is 0 Å². The molecule has 0 unspecified atom stereocenters. The zero-order chi connectivity index (χ0) is 14.0. The third-order valence-electron chi connectivity index (χ3n) is 2.78. The zero-order valence-electron chi connectivity index (χ0n) is 10.6. The van der Waals surface area contributed by atoms with E-state index in [1.165, 1.54) is 10.6 Å². The summed E-state index contributed by atoms with van der Waals surface area (Å²) < 4.78 is 2.40. The van der Waals surface area contributed by atoms with E-state index in [4.69, 9.17) is 0 Å². The van der Waals surface area contributed by atoms with Crippen LogP contribution in [0.25, 0.3) is 0 Å². The highest BCUT2D eigenvalue weighted by molar-refractivity contribution is 9.10. The van der Waals surface area contributed by atoms with Crippen LogP contribution in [-0.2, 0) is 7.05 Å². The van der Waals surface area contributed by atoms with Gasteiger partial charge < -0.3 is 9.88 Å². The van der Waals surface area contributed by atoms with Gasteiger partial charge in [-0.2, -0.15) is 0 Å². The summed E-state index contributed by atoms with van der Waals surface area (Å²) in [6.07, 6.45) is 1.57. The molecule has 1 amide bonds. The van der Waals surface area contributed by atoms with Gasteiger partial charge in [0.15, 0.2) is 0 Å². The maximum Gasteiger partial charge on any atom is 0.255 e. The van der Waals surface area contributed by atoms with Crippen LogP contribution in [0.4, 0.5) is 5.69 Å². The highest BCUT2D eigenvalue weighted by Gasteiger charge is 2.07. The summed E-state index contributed by atoms with van der Waals surface area (Å²) in [5.41, 5.74) is 1.87. The van der Waals surface area contributed by atoms with Gasteiger partial charge in [0.1, 0.15) is 0 Å². The number of pyridine rings is 1. The Morgan fingerprint density at radius 3 is 2.63 bits per heavy atom. The predicted molar refractivity (Wildman–Crippen MR) is 78.5 cm³/mol. The number of hydrogen-bond donors (Lipinski definition) is 1. The van der Waals surface area contributed by atoms with Crippen LogP contribution in [-0.4, -0.2) is 10.5 Å². The Morgan fingerprint density at radius 1 is 1.26 bits per heavy atom. The average molecular weight is 321 g/mol. The van der Waals surface area contributed by atoms with Gasteiger partial charge in [-0.1, -0.05) is 15.9 Å². The average Bonchev–Trinajstić information content (AvgIpc) is 2.37. The molecule has 1 aromatic heterocycles. The quantitative estimate of drug-likeness (QED) is 0.925. The number of rotatable bonds is 2. The molecule has 2 rings (SSSR count).